The van der Waals surface area contributed by atoms with Gasteiger partial charge in [0, 0.05) is 15.7 Å². The third-order valence-electron chi connectivity index (χ3n) is 2.58. The molecule has 0 aliphatic carbocycles. The molecule has 0 saturated heterocycles. The van der Waals surface area contributed by atoms with E-state index in [0.717, 1.165) is 0 Å². The van der Waals surface area contributed by atoms with E-state index < -0.39 is 6.09 Å². The van der Waals surface area contributed by atoms with Crippen LogP contribution in [0.25, 0.3) is 0 Å². The van der Waals surface area contributed by atoms with Gasteiger partial charge in [-0.2, -0.15) is 0 Å². The number of rotatable bonds is 4. The van der Waals surface area contributed by atoms with Gasteiger partial charge in [0.2, 0.25) is 0 Å². The summed E-state index contributed by atoms with van der Waals surface area (Å²) in [7, 11) is 0. The third kappa shape index (κ3) is 5.08. The van der Waals surface area contributed by atoms with Gasteiger partial charge in [-0.05, 0) is 37.3 Å². The molecular weight excluding hydrogens is 384 g/mol. The van der Waals surface area contributed by atoms with Crippen molar-refractivity contribution in [1.29, 1.82) is 0 Å². The SMILES string of the molecule is CCOC(=O)Nc1cc(Cl)c(Oc2cc(Cl)cc(Cl)c2)c(Cl)c1. The van der Waals surface area contributed by atoms with Crippen LogP contribution in [-0.4, -0.2) is 12.7 Å². The lowest BCUT2D eigenvalue weighted by atomic mass is 10.3. The zero-order chi connectivity index (χ0) is 17.0. The third-order valence-corrected chi connectivity index (χ3v) is 3.57. The van der Waals surface area contributed by atoms with E-state index in [0.29, 0.717) is 21.5 Å². The number of ether oxygens (including phenoxy) is 2. The minimum absolute atomic E-state index is 0.209. The van der Waals surface area contributed by atoms with Crippen LogP contribution in [0.3, 0.4) is 0 Å². The topological polar surface area (TPSA) is 47.6 Å². The molecule has 1 amide bonds. The van der Waals surface area contributed by atoms with E-state index in [1.165, 1.54) is 12.1 Å². The molecule has 2 aromatic rings. The Morgan fingerprint density at radius 1 is 1.00 bits per heavy atom. The van der Waals surface area contributed by atoms with Gasteiger partial charge in [0.15, 0.2) is 5.75 Å². The van der Waals surface area contributed by atoms with Crippen LogP contribution in [0.2, 0.25) is 20.1 Å². The Hall–Kier alpha value is -1.33. The van der Waals surface area contributed by atoms with Crippen LogP contribution >= 0.6 is 46.4 Å². The standard InChI is InChI=1S/C15H11Cl4NO3/c1-2-22-15(21)20-10-6-12(18)14(13(19)7-10)23-11-4-8(16)3-9(17)5-11/h3-7H,2H2,1H3,(H,20,21). The molecule has 0 aliphatic heterocycles. The van der Waals surface area contributed by atoms with Crippen LogP contribution in [0.5, 0.6) is 11.5 Å². The average molecular weight is 395 g/mol. The van der Waals surface area contributed by atoms with Gasteiger partial charge in [-0.3, -0.25) is 5.32 Å². The predicted octanol–water partition coefficient (Wildman–Crippen LogP) is 6.66. The van der Waals surface area contributed by atoms with Crippen LogP contribution in [0.15, 0.2) is 30.3 Å². The number of hydrogen-bond acceptors (Lipinski definition) is 3. The summed E-state index contributed by atoms with van der Waals surface area (Å²) in [6, 6.07) is 7.71. The predicted molar refractivity (Wildman–Crippen MR) is 93.6 cm³/mol. The molecule has 4 nitrogen and oxygen atoms in total. The van der Waals surface area contributed by atoms with Crippen molar-refractivity contribution in [2.45, 2.75) is 6.92 Å². The molecule has 0 unspecified atom stereocenters. The molecule has 0 saturated carbocycles. The monoisotopic (exact) mass is 393 g/mol. The molecule has 23 heavy (non-hydrogen) atoms. The highest BCUT2D eigenvalue weighted by Gasteiger charge is 2.13. The van der Waals surface area contributed by atoms with E-state index in [4.69, 9.17) is 55.9 Å². The number of carbonyl (C=O) groups is 1. The maximum Gasteiger partial charge on any atom is 0.411 e. The minimum Gasteiger partial charge on any atom is -0.454 e. The molecular formula is C15H11Cl4NO3. The molecule has 0 radical (unpaired) electrons. The first-order chi connectivity index (χ1) is 10.9. The van der Waals surface area contributed by atoms with Gasteiger partial charge in [-0.25, -0.2) is 4.79 Å². The normalized spacial score (nSPS) is 10.3. The Kier molecular flexibility index (Phi) is 6.25. The lowest BCUT2D eigenvalue weighted by Crippen LogP contribution is -2.13. The molecule has 0 heterocycles. The zero-order valence-electron chi connectivity index (χ0n) is 11.8. The van der Waals surface area contributed by atoms with Crippen LogP contribution in [0.4, 0.5) is 10.5 Å². The number of anilines is 1. The lowest BCUT2D eigenvalue weighted by molar-refractivity contribution is 0.168. The number of carbonyl (C=O) groups excluding carboxylic acids is 1. The highest BCUT2D eigenvalue weighted by Crippen LogP contribution is 2.39. The van der Waals surface area contributed by atoms with Crippen molar-refractivity contribution < 1.29 is 14.3 Å². The van der Waals surface area contributed by atoms with Crippen molar-refractivity contribution in [2.24, 2.45) is 0 Å². The molecule has 0 atom stereocenters. The van der Waals surface area contributed by atoms with Crippen molar-refractivity contribution in [2.75, 3.05) is 11.9 Å². The fourth-order valence-electron chi connectivity index (χ4n) is 1.72. The van der Waals surface area contributed by atoms with Crippen molar-refractivity contribution >= 4 is 58.2 Å². The maximum atomic E-state index is 11.4. The highest BCUT2D eigenvalue weighted by atomic mass is 35.5. The largest absolute Gasteiger partial charge is 0.454 e. The highest BCUT2D eigenvalue weighted by molar-refractivity contribution is 6.38. The molecule has 8 heteroatoms. The summed E-state index contributed by atoms with van der Waals surface area (Å²) in [6.45, 7) is 1.95. The first-order valence-electron chi connectivity index (χ1n) is 6.45. The summed E-state index contributed by atoms with van der Waals surface area (Å²) >= 11 is 24.1. The van der Waals surface area contributed by atoms with Gasteiger partial charge in [0.05, 0.1) is 16.7 Å². The Bertz CT molecular complexity index is 693. The number of hydrogen-bond donors (Lipinski definition) is 1. The van der Waals surface area contributed by atoms with E-state index in [1.54, 1.807) is 25.1 Å². The summed E-state index contributed by atoms with van der Waals surface area (Å²) in [5.41, 5.74) is 0.384. The minimum atomic E-state index is -0.602. The fraction of sp³-hybridized carbons (Fsp3) is 0.133. The second-order valence-electron chi connectivity index (χ2n) is 4.32. The Balaban J connectivity index is 2.24. The van der Waals surface area contributed by atoms with Crippen molar-refractivity contribution in [3.63, 3.8) is 0 Å². The summed E-state index contributed by atoms with van der Waals surface area (Å²) < 4.78 is 10.4. The summed E-state index contributed by atoms with van der Waals surface area (Å²) in [4.78, 5) is 11.4. The van der Waals surface area contributed by atoms with Gasteiger partial charge < -0.3 is 9.47 Å². The second-order valence-corrected chi connectivity index (χ2v) is 6.01. The second kappa shape index (κ2) is 7.97. The number of benzene rings is 2. The summed E-state index contributed by atoms with van der Waals surface area (Å²) in [5, 5.41) is 3.76. The number of amides is 1. The van der Waals surface area contributed by atoms with E-state index in [1.807, 2.05) is 0 Å². The number of nitrogens with one attached hydrogen (secondary N) is 1. The molecule has 0 spiro atoms. The van der Waals surface area contributed by atoms with Gasteiger partial charge in [0.1, 0.15) is 5.75 Å². The zero-order valence-corrected chi connectivity index (χ0v) is 14.9. The fourth-order valence-corrected chi connectivity index (χ4v) is 2.79. The van der Waals surface area contributed by atoms with Crippen molar-refractivity contribution in [3.8, 4) is 11.5 Å². The van der Waals surface area contributed by atoms with E-state index in [-0.39, 0.29) is 22.4 Å². The molecule has 0 aromatic heterocycles. The van der Waals surface area contributed by atoms with Crippen molar-refractivity contribution in [1.82, 2.24) is 0 Å². The van der Waals surface area contributed by atoms with Crippen LogP contribution in [0.1, 0.15) is 6.92 Å². The van der Waals surface area contributed by atoms with Crippen LogP contribution < -0.4 is 10.1 Å². The molecule has 0 bridgehead atoms. The molecule has 0 fully saturated rings. The Labute approximate surface area is 153 Å². The smallest absolute Gasteiger partial charge is 0.411 e. The van der Waals surface area contributed by atoms with E-state index >= 15 is 0 Å². The summed E-state index contributed by atoms with van der Waals surface area (Å²) in [6.07, 6.45) is -0.602. The van der Waals surface area contributed by atoms with Gasteiger partial charge in [-0.15, -0.1) is 0 Å². The van der Waals surface area contributed by atoms with Gasteiger partial charge in [-0.1, -0.05) is 46.4 Å². The quantitative estimate of drug-likeness (QED) is 0.630. The molecule has 122 valence electrons. The van der Waals surface area contributed by atoms with Gasteiger partial charge >= 0.3 is 6.09 Å². The van der Waals surface area contributed by atoms with Crippen LogP contribution in [0, 0.1) is 0 Å². The van der Waals surface area contributed by atoms with Crippen molar-refractivity contribution in [3.05, 3.63) is 50.4 Å². The first-order valence-corrected chi connectivity index (χ1v) is 7.97. The van der Waals surface area contributed by atoms with Crippen LogP contribution in [-0.2, 0) is 4.74 Å². The Morgan fingerprint density at radius 2 is 1.57 bits per heavy atom. The molecule has 0 aliphatic rings. The van der Waals surface area contributed by atoms with Gasteiger partial charge in [0.25, 0.3) is 0 Å². The molecule has 2 aromatic carbocycles. The lowest BCUT2D eigenvalue weighted by Gasteiger charge is -2.12. The summed E-state index contributed by atoms with van der Waals surface area (Å²) in [5.74, 6) is 0.610. The Morgan fingerprint density at radius 3 is 2.09 bits per heavy atom. The van der Waals surface area contributed by atoms with E-state index in [9.17, 15) is 4.79 Å². The first kappa shape index (κ1) is 18.0. The van der Waals surface area contributed by atoms with E-state index in [2.05, 4.69) is 5.32 Å². The number of halogens is 4. The molecule has 2 rings (SSSR count). The molecule has 1 N–H and O–H groups in total. The maximum absolute atomic E-state index is 11.4. The average Bonchev–Trinajstić information content (AvgIpc) is 2.42.